The van der Waals surface area contributed by atoms with Crippen LogP contribution >= 0.6 is 24.8 Å². The van der Waals surface area contributed by atoms with Crippen LogP contribution in [0.25, 0.3) is 0 Å². The lowest BCUT2D eigenvalue weighted by atomic mass is 9.89. The number of hydrogen-bond acceptors (Lipinski definition) is 4. The van der Waals surface area contributed by atoms with Crippen molar-refractivity contribution in [3.8, 4) is 0 Å². The van der Waals surface area contributed by atoms with Crippen LogP contribution in [0.5, 0.6) is 0 Å². The van der Waals surface area contributed by atoms with Crippen LogP contribution in [0, 0.1) is 0 Å². The predicted molar refractivity (Wildman–Crippen MR) is 58.5 cm³/mol. The Morgan fingerprint density at radius 2 is 1.31 bits per heavy atom. The van der Waals surface area contributed by atoms with E-state index in [9.17, 15) is 0 Å². The molecule has 0 aliphatic rings. The van der Waals surface area contributed by atoms with Crippen molar-refractivity contribution < 1.29 is 10.2 Å². The van der Waals surface area contributed by atoms with E-state index in [0.29, 0.717) is 25.8 Å². The fraction of sp³-hybridized carbons (Fsp3) is 1.00. The van der Waals surface area contributed by atoms with E-state index in [4.69, 9.17) is 21.7 Å². The van der Waals surface area contributed by atoms with Crippen LogP contribution in [0.15, 0.2) is 0 Å². The summed E-state index contributed by atoms with van der Waals surface area (Å²) in [5, 5.41) is 17.3. The third kappa shape index (κ3) is 8.74. The lowest BCUT2D eigenvalue weighted by Crippen LogP contribution is -2.43. The Kier molecular flexibility index (Phi) is 15.4. The first kappa shape index (κ1) is 19.1. The molecule has 0 fully saturated rings. The number of aliphatic hydroxyl groups excluding tert-OH is 2. The summed E-state index contributed by atoms with van der Waals surface area (Å²) in [5.74, 6) is 0. The second-order valence-electron chi connectivity index (χ2n) is 2.85. The molecule has 0 aromatic carbocycles. The van der Waals surface area contributed by atoms with Gasteiger partial charge in [0.1, 0.15) is 0 Å². The summed E-state index contributed by atoms with van der Waals surface area (Å²) >= 11 is 0. The molecule has 0 spiro atoms. The van der Waals surface area contributed by atoms with Gasteiger partial charge in [0.15, 0.2) is 0 Å². The monoisotopic (exact) mass is 234 g/mol. The number of nitrogens with two attached hydrogens (primary N) is 2. The fourth-order valence-electron chi connectivity index (χ4n) is 1.11. The summed E-state index contributed by atoms with van der Waals surface area (Å²) in [6.45, 7) is 0.601. The molecular formula is C7H20Cl2N2O2. The number of halogens is 2. The van der Waals surface area contributed by atoms with E-state index in [1.54, 1.807) is 0 Å². The van der Waals surface area contributed by atoms with Crippen molar-refractivity contribution in [2.24, 2.45) is 11.5 Å². The highest BCUT2D eigenvalue weighted by Gasteiger charge is 2.22. The van der Waals surface area contributed by atoms with E-state index in [1.807, 2.05) is 0 Å². The van der Waals surface area contributed by atoms with E-state index in [0.717, 1.165) is 0 Å². The van der Waals surface area contributed by atoms with Crippen LogP contribution in [0.1, 0.15) is 19.3 Å². The summed E-state index contributed by atoms with van der Waals surface area (Å²) in [7, 11) is 0. The molecule has 0 aliphatic heterocycles. The molecule has 0 radical (unpaired) electrons. The number of aliphatic hydroxyl groups is 2. The number of hydrogen-bond donors (Lipinski definition) is 4. The van der Waals surface area contributed by atoms with E-state index in [1.165, 1.54) is 0 Å². The van der Waals surface area contributed by atoms with Gasteiger partial charge >= 0.3 is 0 Å². The van der Waals surface area contributed by atoms with Crippen molar-refractivity contribution in [1.29, 1.82) is 0 Å². The smallest absolute Gasteiger partial charge is 0.0448 e. The molecule has 0 aromatic rings. The van der Waals surface area contributed by atoms with Gasteiger partial charge in [-0.15, -0.1) is 24.8 Å². The van der Waals surface area contributed by atoms with Gasteiger partial charge in [0.25, 0.3) is 0 Å². The highest BCUT2D eigenvalue weighted by Crippen LogP contribution is 2.14. The Morgan fingerprint density at radius 3 is 1.54 bits per heavy atom. The van der Waals surface area contributed by atoms with Gasteiger partial charge in [-0.05, 0) is 25.8 Å². The third-order valence-corrected chi connectivity index (χ3v) is 1.86. The normalized spacial score (nSPS) is 10.2. The first-order valence-electron chi connectivity index (χ1n) is 3.89. The van der Waals surface area contributed by atoms with Crippen molar-refractivity contribution in [1.82, 2.24) is 0 Å². The van der Waals surface area contributed by atoms with E-state index in [2.05, 4.69) is 0 Å². The van der Waals surface area contributed by atoms with Gasteiger partial charge in [0.05, 0.1) is 0 Å². The van der Waals surface area contributed by atoms with Gasteiger partial charge in [-0.3, -0.25) is 0 Å². The predicted octanol–water partition coefficient (Wildman–Crippen LogP) is -0.359. The van der Waals surface area contributed by atoms with Crippen molar-refractivity contribution in [3.63, 3.8) is 0 Å². The van der Waals surface area contributed by atoms with Gasteiger partial charge in [0, 0.05) is 18.8 Å². The largest absolute Gasteiger partial charge is 0.396 e. The zero-order valence-electron chi connectivity index (χ0n) is 7.61. The molecule has 0 unspecified atom stereocenters. The molecule has 84 valence electrons. The molecule has 13 heavy (non-hydrogen) atoms. The standard InChI is InChI=1S/C7H18N2O2.2ClH/c8-4-1-7(9,2-5-10)3-6-11;;/h10-11H,1-6,8-9H2;2*1H. The SMILES string of the molecule is Cl.Cl.NCCC(N)(CCO)CCO. The molecule has 0 saturated heterocycles. The van der Waals surface area contributed by atoms with Crippen LogP contribution in [-0.2, 0) is 0 Å². The van der Waals surface area contributed by atoms with Crippen LogP contribution in [-0.4, -0.2) is 35.5 Å². The molecule has 0 atom stereocenters. The average molecular weight is 235 g/mol. The summed E-state index contributed by atoms with van der Waals surface area (Å²) < 4.78 is 0. The van der Waals surface area contributed by atoms with Crippen molar-refractivity contribution in [3.05, 3.63) is 0 Å². The van der Waals surface area contributed by atoms with E-state index >= 15 is 0 Å². The van der Waals surface area contributed by atoms with Gasteiger partial charge in [0.2, 0.25) is 0 Å². The molecule has 0 heterocycles. The Balaban J connectivity index is -0.000000500. The Hall–Kier alpha value is 0.420. The van der Waals surface area contributed by atoms with Gasteiger partial charge in [-0.25, -0.2) is 0 Å². The van der Waals surface area contributed by atoms with Crippen molar-refractivity contribution in [2.75, 3.05) is 19.8 Å². The third-order valence-electron chi connectivity index (χ3n) is 1.86. The molecule has 0 rings (SSSR count). The molecular weight excluding hydrogens is 215 g/mol. The van der Waals surface area contributed by atoms with E-state index in [-0.39, 0.29) is 38.0 Å². The van der Waals surface area contributed by atoms with Crippen LogP contribution < -0.4 is 11.5 Å². The first-order valence-corrected chi connectivity index (χ1v) is 3.89. The summed E-state index contributed by atoms with van der Waals surface area (Å²) in [4.78, 5) is 0. The quantitative estimate of drug-likeness (QED) is 0.506. The zero-order valence-corrected chi connectivity index (χ0v) is 9.24. The minimum atomic E-state index is -0.474. The maximum absolute atomic E-state index is 8.65. The molecule has 6 heteroatoms. The van der Waals surface area contributed by atoms with Gasteiger partial charge in [-0.1, -0.05) is 0 Å². The lowest BCUT2D eigenvalue weighted by Gasteiger charge is -2.27. The minimum absolute atomic E-state index is 0. The average Bonchev–Trinajstić information content (AvgIpc) is 1.88. The topological polar surface area (TPSA) is 92.5 Å². The number of rotatable bonds is 6. The zero-order chi connectivity index (χ0) is 8.74. The van der Waals surface area contributed by atoms with Crippen molar-refractivity contribution in [2.45, 2.75) is 24.8 Å². The van der Waals surface area contributed by atoms with Gasteiger partial charge in [-0.2, -0.15) is 0 Å². The summed E-state index contributed by atoms with van der Waals surface area (Å²) in [5.41, 5.74) is 10.7. The molecule has 0 aromatic heterocycles. The highest BCUT2D eigenvalue weighted by molar-refractivity contribution is 5.85. The maximum Gasteiger partial charge on any atom is 0.0448 e. The van der Waals surface area contributed by atoms with Gasteiger partial charge < -0.3 is 21.7 Å². The highest BCUT2D eigenvalue weighted by atomic mass is 35.5. The Morgan fingerprint density at radius 1 is 0.923 bits per heavy atom. The van der Waals surface area contributed by atoms with Crippen molar-refractivity contribution >= 4 is 24.8 Å². The maximum atomic E-state index is 8.65. The molecule has 0 bridgehead atoms. The fourth-order valence-corrected chi connectivity index (χ4v) is 1.11. The Bertz CT molecular complexity index is 89.5. The second kappa shape index (κ2) is 10.5. The molecule has 0 aliphatic carbocycles. The lowest BCUT2D eigenvalue weighted by molar-refractivity contribution is 0.187. The minimum Gasteiger partial charge on any atom is -0.396 e. The molecule has 6 N–H and O–H groups in total. The van der Waals surface area contributed by atoms with E-state index < -0.39 is 5.54 Å². The molecule has 4 nitrogen and oxygen atoms in total. The van der Waals surface area contributed by atoms with Crippen LogP contribution in [0.4, 0.5) is 0 Å². The summed E-state index contributed by atoms with van der Waals surface area (Å²) in [6, 6.07) is 0. The first-order chi connectivity index (χ1) is 5.18. The second-order valence-corrected chi connectivity index (χ2v) is 2.85. The summed E-state index contributed by atoms with van der Waals surface area (Å²) in [6.07, 6.45) is 1.66. The molecule has 0 saturated carbocycles. The Labute approximate surface area is 91.5 Å². The van der Waals surface area contributed by atoms with Crippen LogP contribution in [0.3, 0.4) is 0 Å². The molecule has 0 amide bonds. The van der Waals surface area contributed by atoms with Crippen LogP contribution in [0.2, 0.25) is 0 Å².